The van der Waals surface area contributed by atoms with Crippen LogP contribution < -0.4 is 5.32 Å². The molecule has 2 aromatic rings. The maximum Gasteiger partial charge on any atom is 0.309 e. The number of hydrogen-bond acceptors (Lipinski definition) is 4. The van der Waals surface area contributed by atoms with Crippen LogP contribution in [0.3, 0.4) is 0 Å². The van der Waals surface area contributed by atoms with Crippen molar-refractivity contribution in [1.82, 2.24) is 4.90 Å². The highest BCUT2D eigenvalue weighted by atomic mass is 35.5. The minimum atomic E-state index is -0.327. The topological polar surface area (TPSA) is 58.6 Å². The summed E-state index contributed by atoms with van der Waals surface area (Å²) in [6.45, 7) is 1.39. The molecule has 0 saturated carbocycles. The van der Waals surface area contributed by atoms with Gasteiger partial charge in [0.05, 0.1) is 19.4 Å². The second-order valence-electron chi connectivity index (χ2n) is 6.50. The second-order valence-corrected chi connectivity index (χ2v) is 6.91. The van der Waals surface area contributed by atoms with Gasteiger partial charge in [-0.25, -0.2) is 0 Å². The van der Waals surface area contributed by atoms with Crippen LogP contribution in [-0.4, -0.2) is 37.5 Å². The number of nitrogens with one attached hydrogen (secondary N) is 1. The predicted molar refractivity (Wildman–Crippen MR) is 101 cm³/mol. The first-order chi connectivity index (χ1) is 12.5. The number of anilines is 1. The highest BCUT2D eigenvalue weighted by Gasteiger charge is 2.31. The van der Waals surface area contributed by atoms with Crippen LogP contribution in [0.1, 0.15) is 22.6 Å². The quantitative estimate of drug-likeness (QED) is 0.837. The van der Waals surface area contributed by atoms with E-state index in [1.165, 1.54) is 7.11 Å². The molecule has 0 radical (unpaired) electrons. The van der Waals surface area contributed by atoms with Gasteiger partial charge in [0.1, 0.15) is 0 Å². The number of methoxy groups -OCH3 is 1. The van der Waals surface area contributed by atoms with E-state index >= 15 is 0 Å². The monoisotopic (exact) mass is 372 g/mol. The molecule has 0 bridgehead atoms. The van der Waals surface area contributed by atoms with E-state index < -0.39 is 0 Å². The number of nitrogens with zero attached hydrogens (tertiary/aromatic N) is 1. The average Bonchev–Trinajstić information content (AvgIpc) is 2.62. The summed E-state index contributed by atoms with van der Waals surface area (Å²) < 4.78 is 4.66. The van der Waals surface area contributed by atoms with E-state index in [4.69, 9.17) is 11.6 Å². The SMILES string of the molecule is COC(=O)Cc1ccc(NC(=O)C2CN(C)Cc3cccc(Cl)c32)cc1. The Hall–Kier alpha value is -2.37. The number of hydrogen-bond donors (Lipinski definition) is 1. The molecular weight excluding hydrogens is 352 g/mol. The third kappa shape index (κ3) is 4.06. The molecule has 2 aromatic carbocycles. The van der Waals surface area contributed by atoms with Crippen LogP contribution in [0.2, 0.25) is 5.02 Å². The molecular formula is C20H21ClN2O3. The van der Waals surface area contributed by atoms with Crippen LogP contribution in [0.25, 0.3) is 0 Å². The Labute approximate surface area is 157 Å². The highest BCUT2D eigenvalue weighted by Crippen LogP contribution is 2.34. The summed E-state index contributed by atoms with van der Waals surface area (Å²) in [5.41, 5.74) is 3.51. The van der Waals surface area contributed by atoms with Gasteiger partial charge < -0.3 is 15.0 Å². The molecule has 1 N–H and O–H groups in total. The molecule has 0 aliphatic carbocycles. The number of carbonyl (C=O) groups is 2. The van der Waals surface area contributed by atoms with Crippen molar-refractivity contribution in [2.75, 3.05) is 26.0 Å². The van der Waals surface area contributed by atoms with Crippen LogP contribution in [-0.2, 0) is 27.3 Å². The van der Waals surface area contributed by atoms with Gasteiger partial charge in [-0.05, 0) is 41.9 Å². The molecule has 6 heteroatoms. The summed E-state index contributed by atoms with van der Waals surface area (Å²) in [6, 6.07) is 12.9. The first-order valence-electron chi connectivity index (χ1n) is 8.40. The second kappa shape index (κ2) is 7.89. The lowest BCUT2D eigenvalue weighted by atomic mass is 9.89. The summed E-state index contributed by atoms with van der Waals surface area (Å²) >= 11 is 6.37. The molecule has 5 nitrogen and oxygen atoms in total. The van der Waals surface area contributed by atoms with Crippen molar-refractivity contribution in [2.45, 2.75) is 18.9 Å². The van der Waals surface area contributed by atoms with E-state index in [2.05, 4.69) is 15.0 Å². The molecule has 1 aliphatic heterocycles. The van der Waals surface area contributed by atoms with Gasteiger partial charge >= 0.3 is 5.97 Å². The Morgan fingerprint density at radius 3 is 2.65 bits per heavy atom. The fraction of sp³-hybridized carbons (Fsp3) is 0.300. The van der Waals surface area contributed by atoms with Crippen LogP contribution >= 0.6 is 11.6 Å². The van der Waals surface area contributed by atoms with Crippen molar-refractivity contribution in [1.29, 1.82) is 0 Å². The molecule has 1 atom stereocenters. The van der Waals surface area contributed by atoms with Crippen LogP contribution in [0.15, 0.2) is 42.5 Å². The number of likely N-dealkylation sites (N-methyl/N-ethyl adjacent to an activating group) is 1. The summed E-state index contributed by atoms with van der Waals surface area (Å²) in [7, 11) is 3.35. The van der Waals surface area contributed by atoms with E-state index in [0.717, 1.165) is 23.2 Å². The van der Waals surface area contributed by atoms with Crippen molar-refractivity contribution < 1.29 is 14.3 Å². The zero-order valence-electron chi connectivity index (χ0n) is 14.8. The van der Waals surface area contributed by atoms with E-state index in [9.17, 15) is 9.59 Å². The summed E-state index contributed by atoms with van der Waals surface area (Å²) in [5, 5.41) is 3.58. The molecule has 0 spiro atoms. The van der Waals surface area contributed by atoms with Crippen molar-refractivity contribution in [3.63, 3.8) is 0 Å². The third-order valence-electron chi connectivity index (χ3n) is 4.54. The van der Waals surface area contributed by atoms with Crippen molar-refractivity contribution in [3.8, 4) is 0 Å². The van der Waals surface area contributed by atoms with Crippen molar-refractivity contribution in [3.05, 3.63) is 64.2 Å². The fourth-order valence-corrected chi connectivity index (χ4v) is 3.58. The summed E-state index contributed by atoms with van der Waals surface area (Å²) in [4.78, 5) is 26.3. The number of ether oxygens (including phenoxy) is 1. The zero-order chi connectivity index (χ0) is 18.7. The molecule has 0 saturated heterocycles. The van der Waals surface area contributed by atoms with Crippen molar-refractivity contribution in [2.24, 2.45) is 0 Å². The maximum atomic E-state index is 12.9. The number of fused-ring (bicyclic) bond motifs is 1. The number of benzene rings is 2. The predicted octanol–water partition coefficient (Wildman–Crippen LogP) is 3.22. The first kappa shape index (κ1) is 18.4. The summed E-state index contributed by atoms with van der Waals surface area (Å²) in [5.74, 6) is -0.711. The van der Waals surface area contributed by atoms with E-state index in [1.807, 2.05) is 25.2 Å². The van der Waals surface area contributed by atoms with E-state index in [-0.39, 0.29) is 24.2 Å². The normalized spacial score (nSPS) is 16.7. The Morgan fingerprint density at radius 2 is 1.96 bits per heavy atom. The number of carbonyl (C=O) groups excluding carboxylic acids is 2. The van der Waals surface area contributed by atoms with Gasteiger partial charge in [-0.1, -0.05) is 35.9 Å². The van der Waals surface area contributed by atoms with Crippen LogP contribution in [0.4, 0.5) is 5.69 Å². The fourth-order valence-electron chi connectivity index (χ4n) is 3.26. The number of esters is 1. The zero-order valence-corrected chi connectivity index (χ0v) is 15.5. The first-order valence-corrected chi connectivity index (χ1v) is 8.78. The lowest BCUT2D eigenvalue weighted by Gasteiger charge is -2.32. The molecule has 1 unspecified atom stereocenters. The van der Waals surface area contributed by atoms with Crippen LogP contribution in [0, 0.1) is 0 Å². The minimum Gasteiger partial charge on any atom is -0.469 e. The molecule has 136 valence electrons. The maximum absolute atomic E-state index is 12.9. The standard InChI is InChI=1S/C20H21ClN2O3/c1-23-11-14-4-3-5-17(21)19(14)16(12-23)20(25)22-15-8-6-13(7-9-15)10-18(24)26-2/h3-9,16H,10-12H2,1-2H3,(H,22,25). The Morgan fingerprint density at radius 1 is 1.23 bits per heavy atom. The van der Waals surface area contributed by atoms with Gasteiger partial charge in [0.25, 0.3) is 0 Å². The Kier molecular flexibility index (Phi) is 5.59. The highest BCUT2D eigenvalue weighted by molar-refractivity contribution is 6.31. The Balaban J connectivity index is 1.75. The van der Waals surface area contributed by atoms with Gasteiger partial charge in [-0.15, -0.1) is 0 Å². The average molecular weight is 373 g/mol. The molecule has 1 amide bonds. The van der Waals surface area contributed by atoms with Gasteiger partial charge in [0.2, 0.25) is 5.91 Å². The number of rotatable bonds is 4. The molecule has 0 fully saturated rings. The molecule has 26 heavy (non-hydrogen) atoms. The largest absolute Gasteiger partial charge is 0.469 e. The van der Waals surface area contributed by atoms with E-state index in [1.54, 1.807) is 24.3 Å². The summed E-state index contributed by atoms with van der Waals surface area (Å²) in [6.07, 6.45) is 0.209. The molecule has 1 heterocycles. The molecule has 1 aliphatic rings. The van der Waals surface area contributed by atoms with Gasteiger partial charge in [-0.3, -0.25) is 9.59 Å². The van der Waals surface area contributed by atoms with Gasteiger partial charge in [0, 0.05) is 23.8 Å². The molecule has 3 rings (SSSR count). The number of amides is 1. The Bertz CT molecular complexity index is 820. The molecule has 0 aromatic heterocycles. The number of halogens is 1. The van der Waals surface area contributed by atoms with Crippen molar-refractivity contribution >= 4 is 29.2 Å². The lowest BCUT2D eigenvalue weighted by molar-refractivity contribution is -0.139. The third-order valence-corrected chi connectivity index (χ3v) is 4.87. The van der Waals surface area contributed by atoms with E-state index in [0.29, 0.717) is 17.3 Å². The van der Waals surface area contributed by atoms with Crippen LogP contribution in [0.5, 0.6) is 0 Å². The minimum absolute atomic E-state index is 0.0911. The van der Waals surface area contributed by atoms with Gasteiger partial charge in [-0.2, -0.15) is 0 Å². The lowest BCUT2D eigenvalue weighted by Crippen LogP contribution is -2.37. The van der Waals surface area contributed by atoms with Gasteiger partial charge in [0.15, 0.2) is 0 Å². The smallest absolute Gasteiger partial charge is 0.309 e.